The van der Waals surface area contributed by atoms with Gasteiger partial charge in [-0.05, 0) is 62.4 Å². The fourth-order valence-corrected chi connectivity index (χ4v) is 2.92. The van der Waals surface area contributed by atoms with Gasteiger partial charge < -0.3 is 15.0 Å². The highest BCUT2D eigenvalue weighted by Gasteiger charge is 2.14. The second-order valence-electron chi connectivity index (χ2n) is 8.04. The van der Waals surface area contributed by atoms with Crippen LogP contribution in [-0.2, 0) is 17.6 Å². The lowest BCUT2D eigenvalue weighted by molar-refractivity contribution is -0.123. The van der Waals surface area contributed by atoms with E-state index < -0.39 is 0 Å². The third kappa shape index (κ3) is 8.39. The van der Waals surface area contributed by atoms with E-state index in [2.05, 4.69) is 52.1 Å². The van der Waals surface area contributed by atoms with Gasteiger partial charge in [0.05, 0.1) is 0 Å². The topological polar surface area (TPSA) is 41.6 Å². The van der Waals surface area contributed by atoms with Crippen molar-refractivity contribution < 1.29 is 9.53 Å². The Morgan fingerprint density at radius 1 is 1.12 bits per heavy atom. The molecule has 0 saturated heterocycles. The van der Waals surface area contributed by atoms with Crippen LogP contribution in [0.4, 0.5) is 0 Å². The van der Waals surface area contributed by atoms with Crippen LogP contribution in [0.15, 0.2) is 12.1 Å². The number of likely N-dealkylation sites (N-methyl/N-ethyl adjacent to an activating group) is 1. The van der Waals surface area contributed by atoms with Crippen molar-refractivity contribution >= 4 is 5.91 Å². The van der Waals surface area contributed by atoms with Gasteiger partial charge in [0.1, 0.15) is 5.75 Å². The van der Waals surface area contributed by atoms with Crippen molar-refractivity contribution in [3.8, 4) is 5.75 Å². The predicted octanol–water partition coefficient (Wildman–Crippen LogP) is 3.45. The predicted molar refractivity (Wildman–Crippen MR) is 105 cm³/mol. The minimum Gasteiger partial charge on any atom is -0.483 e. The second-order valence-corrected chi connectivity index (χ2v) is 8.04. The SMILES string of the molecule is Cc1cc(CC(C)C)cc(CC(C)C)c1OCC(=O)NCCN(C)C. The Hall–Kier alpha value is -1.55. The standard InChI is InChI=1S/C21H36N2O2/c1-15(2)10-18-12-17(5)21(19(13-18)11-16(3)4)25-14-20(24)22-8-9-23(6)7/h12-13,15-16H,8-11,14H2,1-7H3,(H,22,24). The molecule has 1 amide bonds. The van der Waals surface area contributed by atoms with Gasteiger partial charge in [-0.1, -0.05) is 39.8 Å². The van der Waals surface area contributed by atoms with Gasteiger partial charge in [-0.2, -0.15) is 0 Å². The summed E-state index contributed by atoms with van der Waals surface area (Å²) in [4.78, 5) is 14.0. The Kier molecular flexibility index (Phi) is 8.98. The largest absolute Gasteiger partial charge is 0.483 e. The fourth-order valence-electron chi connectivity index (χ4n) is 2.92. The second kappa shape index (κ2) is 10.4. The number of amides is 1. The van der Waals surface area contributed by atoms with Crippen LogP contribution >= 0.6 is 0 Å². The number of nitrogens with one attached hydrogen (secondary N) is 1. The molecule has 0 fully saturated rings. The number of nitrogens with zero attached hydrogens (tertiary/aromatic N) is 1. The van der Waals surface area contributed by atoms with E-state index in [1.165, 1.54) is 11.1 Å². The van der Waals surface area contributed by atoms with Gasteiger partial charge in [-0.25, -0.2) is 0 Å². The molecular formula is C21H36N2O2. The lowest BCUT2D eigenvalue weighted by atomic mass is 9.94. The number of carbonyl (C=O) groups is 1. The summed E-state index contributed by atoms with van der Waals surface area (Å²) in [5, 5.41) is 2.90. The van der Waals surface area contributed by atoms with Gasteiger partial charge in [-0.3, -0.25) is 4.79 Å². The fraction of sp³-hybridized carbons (Fsp3) is 0.667. The average Bonchev–Trinajstić information content (AvgIpc) is 2.44. The van der Waals surface area contributed by atoms with E-state index in [1.807, 2.05) is 19.0 Å². The molecule has 25 heavy (non-hydrogen) atoms. The number of ether oxygens (including phenoxy) is 1. The lowest BCUT2D eigenvalue weighted by Gasteiger charge is -2.18. The molecule has 1 rings (SSSR count). The maximum atomic E-state index is 12.0. The Labute approximate surface area is 153 Å². The monoisotopic (exact) mass is 348 g/mol. The van der Waals surface area contributed by atoms with E-state index in [1.54, 1.807) is 0 Å². The molecule has 0 aliphatic rings. The van der Waals surface area contributed by atoms with Crippen molar-refractivity contribution in [2.75, 3.05) is 33.8 Å². The van der Waals surface area contributed by atoms with Gasteiger partial charge >= 0.3 is 0 Å². The minimum absolute atomic E-state index is 0.0667. The van der Waals surface area contributed by atoms with Crippen molar-refractivity contribution in [2.24, 2.45) is 11.8 Å². The first-order valence-corrected chi connectivity index (χ1v) is 9.35. The highest BCUT2D eigenvalue weighted by atomic mass is 16.5. The molecule has 1 N–H and O–H groups in total. The van der Waals surface area contributed by atoms with Crippen LogP contribution in [-0.4, -0.2) is 44.6 Å². The molecular weight excluding hydrogens is 312 g/mol. The summed E-state index contributed by atoms with van der Waals surface area (Å²) in [6, 6.07) is 4.45. The average molecular weight is 349 g/mol. The van der Waals surface area contributed by atoms with Crippen LogP contribution in [0.5, 0.6) is 5.75 Å². The highest BCUT2D eigenvalue weighted by molar-refractivity contribution is 5.77. The first kappa shape index (κ1) is 21.5. The van der Waals surface area contributed by atoms with Gasteiger partial charge in [0, 0.05) is 13.1 Å². The van der Waals surface area contributed by atoms with E-state index in [9.17, 15) is 4.79 Å². The van der Waals surface area contributed by atoms with Crippen molar-refractivity contribution in [3.63, 3.8) is 0 Å². The molecule has 0 saturated carbocycles. The Bertz CT molecular complexity index is 551. The Balaban J connectivity index is 2.80. The molecule has 0 aliphatic carbocycles. The number of hydrogen-bond acceptors (Lipinski definition) is 3. The molecule has 4 heteroatoms. The van der Waals surface area contributed by atoms with Crippen LogP contribution in [0.2, 0.25) is 0 Å². The zero-order valence-electron chi connectivity index (χ0n) is 17.1. The number of hydrogen-bond donors (Lipinski definition) is 1. The maximum absolute atomic E-state index is 12.0. The molecule has 0 radical (unpaired) electrons. The van der Waals surface area contributed by atoms with Gasteiger partial charge in [0.15, 0.2) is 6.61 Å². The normalized spacial score (nSPS) is 11.4. The number of benzene rings is 1. The molecule has 0 aromatic heterocycles. The third-order valence-electron chi connectivity index (χ3n) is 3.91. The minimum atomic E-state index is -0.0667. The summed E-state index contributed by atoms with van der Waals surface area (Å²) in [5.74, 6) is 1.98. The molecule has 142 valence electrons. The van der Waals surface area contributed by atoms with E-state index >= 15 is 0 Å². The van der Waals surface area contributed by atoms with E-state index in [4.69, 9.17) is 4.74 Å². The number of aryl methyl sites for hydroxylation is 1. The lowest BCUT2D eigenvalue weighted by Crippen LogP contribution is -2.34. The zero-order chi connectivity index (χ0) is 19.0. The molecule has 0 aliphatic heterocycles. The third-order valence-corrected chi connectivity index (χ3v) is 3.91. The first-order valence-electron chi connectivity index (χ1n) is 9.35. The van der Waals surface area contributed by atoms with Crippen molar-refractivity contribution in [2.45, 2.75) is 47.5 Å². The highest BCUT2D eigenvalue weighted by Crippen LogP contribution is 2.29. The van der Waals surface area contributed by atoms with Crippen LogP contribution in [0, 0.1) is 18.8 Å². The van der Waals surface area contributed by atoms with Crippen LogP contribution in [0.1, 0.15) is 44.4 Å². The summed E-state index contributed by atoms with van der Waals surface area (Å²) in [7, 11) is 3.98. The summed E-state index contributed by atoms with van der Waals surface area (Å²) in [6.45, 7) is 12.5. The molecule has 0 heterocycles. The quantitative estimate of drug-likeness (QED) is 0.704. The van der Waals surface area contributed by atoms with Gasteiger partial charge in [-0.15, -0.1) is 0 Å². The summed E-state index contributed by atoms with van der Waals surface area (Å²) >= 11 is 0. The Morgan fingerprint density at radius 2 is 1.76 bits per heavy atom. The van der Waals surface area contributed by atoms with Crippen LogP contribution in [0.3, 0.4) is 0 Å². The van der Waals surface area contributed by atoms with E-state index in [-0.39, 0.29) is 12.5 Å². The van der Waals surface area contributed by atoms with E-state index in [0.29, 0.717) is 18.4 Å². The van der Waals surface area contributed by atoms with Crippen LogP contribution < -0.4 is 10.1 Å². The number of rotatable bonds is 10. The maximum Gasteiger partial charge on any atom is 0.257 e. The molecule has 4 nitrogen and oxygen atoms in total. The zero-order valence-corrected chi connectivity index (χ0v) is 17.1. The van der Waals surface area contributed by atoms with Crippen molar-refractivity contribution in [3.05, 3.63) is 28.8 Å². The van der Waals surface area contributed by atoms with Crippen LogP contribution in [0.25, 0.3) is 0 Å². The molecule has 1 aromatic rings. The Morgan fingerprint density at radius 3 is 2.32 bits per heavy atom. The molecule has 1 aromatic carbocycles. The number of carbonyl (C=O) groups excluding carboxylic acids is 1. The van der Waals surface area contributed by atoms with Gasteiger partial charge in [0.25, 0.3) is 5.91 Å². The van der Waals surface area contributed by atoms with E-state index in [0.717, 1.165) is 30.7 Å². The van der Waals surface area contributed by atoms with Crippen molar-refractivity contribution in [1.29, 1.82) is 0 Å². The summed E-state index contributed by atoms with van der Waals surface area (Å²) in [6.07, 6.45) is 2.03. The molecule has 0 bridgehead atoms. The summed E-state index contributed by atoms with van der Waals surface area (Å²) in [5.41, 5.74) is 3.69. The smallest absolute Gasteiger partial charge is 0.257 e. The summed E-state index contributed by atoms with van der Waals surface area (Å²) < 4.78 is 5.92. The van der Waals surface area contributed by atoms with Crippen molar-refractivity contribution in [1.82, 2.24) is 10.2 Å². The molecule has 0 spiro atoms. The van der Waals surface area contributed by atoms with Gasteiger partial charge in [0.2, 0.25) is 0 Å². The molecule has 0 unspecified atom stereocenters. The first-order chi connectivity index (χ1) is 11.7. The molecule has 0 atom stereocenters.